The maximum atomic E-state index is 13.1. The second kappa shape index (κ2) is 7.32. The van der Waals surface area contributed by atoms with Crippen LogP contribution in [-0.2, 0) is 16.9 Å². The number of carbonyl (C=O) groups excluding carboxylic acids is 2. The van der Waals surface area contributed by atoms with Crippen LogP contribution in [0.25, 0.3) is 0 Å². The summed E-state index contributed by atoms with van der Waals surface area (Å²) in [6.45, 7) is 5.63. The first-order valence-electron chi connectivity index (χ1n) is 8.81. The Morgan fingerprint density at radius 1 is 1.26 bits per heavy atom. The third-order valence-electron chi connectivity index (χ3n) is 4.46. The van der Waals surface area contributed by atoms with Crippen molar-refractivity contribution in [1.29, 1.82) is 0 Å². The van der Waals surface area contributed by atoms with Crippen LogP contribution in [0, 0.1) is 0 Å². The minimum absolute atomic E-state index is 0.202. The van der Waals surface area contributed by atoms with Gasteiger partial charge in [-0.25, -0.2) is 4.79 Å². The highest BCUT2D eigenvalue weighted by atomic mass is 79.9. The number of anilines is 2. The van der Waals surface area contributed by atoms with Crippen LogP contribution in [-0.4, -0.2) is 23.1 Å². The smallest absolute Gasteiger partial charge is 0.329 e. The fraction of sp³-hybridized carbons (Fsp3) is 0.300. The lowest BCUT2D eigenvalue weighted by Crippen LogP contribution is -2.63. The topological polar surface area (TPSA) is 81.7 Å². The van der Waals surface area contributed by atoms with Crippen molar-refractivity contribution in [2.75, 3.05) is 10.2 Å². The Morgan fingerprint density at radius 2 is 1.93 bits per heavy atom. The number of nitrogens with zero attached hydrogens (tertiary/aromatic N) is 1. The summed E-state index contributed by atoms with van der Waals surface area (Å²) in [5, 5.41) is 17.1. The number of halogens is 1. The van der Waals surface area contributed by atoms with Gasteiger partial charge in [0.15, 0.2) is 0 Å². The Hall–Kier alpha value is -2.38. The van der Waals surface area contributed by atoms with Crippen molar-refractivity contribution >= 4 is 39.2 Å². The molecule has 1 aliphatic rings. The minimum atomic E-state index is -2.18. The van der Waals surface area contributed by atoms with Crippen molar-refractivity contribution in [3.05, 3.63) is 58.1 Å². The molecule has 0 aromatic heterocycles. The van der Waals surface area contributed by atoms with Gasteiger partial charge < -0.3 is 15.7 Å². The maximum absolute atomic E-state index is 13.1. The average molecular weight is 432 g/mol. The Balaban J connectivity index is 2.19. The quantitative estimate of drug-likeness (QED) is 0.689. The number of amides is 3. The molecule has 0 saturated carbocycles. The largest absolute Gasteiger partial charge is 0.359 e. The molecule has 2 aromatic rings. The Bertz CT molecular complexity index is 883. The molecule has 7 heteroatoms. The Labute approximate surface area is 166 Å². The molecule has 0 bridgehead atoms. The van der Waals surface area contributed by atoms with E-state index >= 15 is 0 Å². The summed E-state index contributed by atoms with van der Waals surface area (Å²) >= 11 is 3.38. The van der Waals surface area contributed by atoms with Gasteiger partial charge in [0.1, 0.15) is 0 Å². The molecule has 0 radical (unpaired) electrons. The molecule has 0 unspecified atom stereocenters. The molecule has 3 amide bonds. The van der Waals surface area contributed by atoms with E-state index in [1.165, 1.54) is 0 Å². The van der Waals surface area contributed by atoms with Gasteiger partial charge in [0.2, 0.25) is 0 Å². The first-order chi connectivity index (χ1) is 12.8. The van der Waals surface area contributed by atoms with E-state index in [-0.39, 0.29) is 6.04 Å². The predicted molar refractivity (Wildman–Crippen MR) is 109 cm³/mol. The van der Waals surface area contributed by atoms with E-state index in [0.717, 1.165) is 16.9 Å². The van der Waals surface area contributed by atoms with Crippen LogP contribution in [0.5, 0.6) is 0 Å². The highest BCUT2D eigenvalue weighted by molar-refractivity contribution is 9.10. The molecule has 3 rings (SSSR count). The number of aliphatic hydroxyl groups is 1. The number of hydrogen-bond donors (Lipinski definition) is 3. The highest BCUT2D eigenvalue weighted by Crippen LogP contribution is 2.41. The third-order valence-corrected chi connectivity index (χ3v) is 4.96. The Kier molecular flexibility index (Phi) is 5.26. The van der Waals surface area contributed by atoms with Gasteiger partial charge in [-0.15, -0.1) is 0 Å². The van der Waals surface area contributed by atoms with Crippen LogP contribution in [0.4, 0.5) is 16.2 Å². The van der Waals surface area contributed by atoms with Crippen LogP contribution in [0.15, 0.2) is 46.9 Å². The van der Waals surface area contributed by atoms with Crippen molar-refractivity contribution in [3.63, 3.8) is 0 Å². The van der Waals surface area contributed by atoms with E-state index < -0.39 is 17.7 Å². The molecule has 1 aliphatic heterocycles. The molecule has 142 valence electrons. The highest BCUT2D eigenvalue weighted by Gasteiger charge is 2.52. The van der Waals surface area contributed by atoms with E-state index in [4.69, 9.17) is 0 Å². The second-order valence-corrected chi connectivity index (χ2v) is 7.69. The van der Waals surface area contributed by atoms with Gasteiger partial charge in [0.25, 0.3) is 11.6 Å². The molecule has 0 saturated heterocycles. The average Bonchev–Trinajstić information content (AvgIpc) is 2.62. The molecule has 0 spiro atoms. The van der Waals surface area contributed by atoms with Gasteiger partial charge in [0.05, 0.1) is 5.69 Å². The van der Waals surface area contributed by atoms with Crippen molar-refractivity contribution in [2.45, 2.75) is 39.0 Å². The number of hydrogen-bond acceptors (Lipinski definition) is 3. The molecule has 2 aromatic carbocycles. The summed E-state index contributed by atoms with van der Waals surface area (Å²) in [7, 11) is 0. The van der Waals surface area contributed by atoms with Crippen LogP contribution in [0.2, 0.25) is 0 Å². The van der Waals surface area contributed by atoms with Crippen LogP contribution in [0.1, 0.15) is 31.9 Å². The zero-order chi connectivity index (χ0) is 19.8. The number of nitrogens with one attached hydrogen (secondary N) is 2. The molecule has 27 heavy (non-hydrogen) atoms. The molecular formula is C20H22BrN3O3. The summed E-state index contributed by atoms with van der Waals surface area (Å²) in [4.78, 5) is 27.0. The van der Waals surface area contributed by atoms with Gasteiger partial charge in [0, 0.05) is 21.8 Å². The summed E-state index contributed by atoms with van der Waals surface area (Å²) in [5.41, 5.74) is 0.0332. The second-order valence-electron chi connectivity index (χ2n) is 6.78. The van der Waals surface area contributed by atoms with Gasteiger partial charge in [-0.1, -0.05) is 35.0 Å². The molecule has 0 fully saturated rings. The van der Waals surface area contributed by atoms with Crippen LogP contribution >= 0.6 is 15.9 Å². The summed E-state index contributed by atoms with van der Waals surface area (Å²) in [6, 6.07) is 11.5. The third kappa shape index (κ3) is 3.44. The summed E-state index contributed by atoms with van der Waals surface area (Å²) < 4.78 is 0.689. The van der Waals surface area contributed by atoms with E-state index in [0.29, 0.717) is 21.4 Å². The predicted octanol–water partition coefficient (Wildman–Crippen LogP) is 3.73. The van der Waals surface area contributed by atoms with Crippen molar-refractivity contribution < 1.29 is 14.7 Å². The molecular weight excluding hydrogens is 410 g/mol. The van der Waals surface area contributed by atoms with E-state index in [1.807, 2.05) is 19.1 Å². The maximum Gasteiger partial charge on any atom is 0.329 e. The lowest BCUT2D eigenvalue weighted by molar-refractivity contribution is -0.140. The zero-order valence-corrected chi connectivity index (χ0v) is 17.0. The van der Waals surface area contributed by atoms with E-state index in [9.17, 15) is 14.7 Å². The van der Waals surface area contributed by atoms with Crippen molar-refractivity contribution in [3.8, 4) is 0 Å². The molecule has 1 heterocycles. The SMILES string of the molecule is CCc1ccc(N2C(=O)Nc3ccc(Br)cc3[C@@]2(O)C(=O)NC(C)C)cc1. The molecule has 0 aliphatic carbocycles. The fourth-order valence-electron chi connectivity index (χ4n) is 3.12. The molecule has 1 atom stereocenters. The molecule has 3 N–H and O–H groups in total. The first kappa shape index (κ1) is 19.4. The standard InChI is InChI=1S/C20H22BrN3O3/c1-4-13-5-8-15(9-6-13)24-19(26)23-17-10-7-14(21)11-16(17)20(24,27)18(25)22-12(2)3/h5-12,27H,4H2,1-3H3,(H,22,25)(H,23,26)/t20-/m1/s1. The van der Waals surface area contributed by atoms with E-state index in [2.05, 4.69) is 26.6 Å². The van der Waals surface area contributed by atoms with Gasteiger partial charge in [-0.3, -0.25) is 9.69 Å². The number of carbonyl (C=O) groups is 2. The number of benzene rings is 2. The van der Waals surface area contributed by atoms with Gasteiger partial charge in [-0.2, -0.15) is 0 Å². The van der Waals surface area contributed by atoms with Crippen LogP contribution in [0.3, 0.4) is 0 Å². The minimum Gasteiger partial charge on any atom is -0.359 e. The normalized spacial score (nSPS) is 18.9. The van der Waals surface area contributed by atoms with Crippen molar-refractivity contribution in [2.24, 2.45) is 0 Å². The zero-order valence-electron chi connectivity index (χ0n) is 15.4. The fourth-order valence-corrected chi connectivity index (χ4v) is 3.48. The van der Waals surface area contributed by atoms with Crippen molar-refractivity contribution in [1.82, 2.24) is 5.32 Å². The number of fused-ring (bicyclic) bond motifs is 1. The monoisotopic (exact) mass is 431 g/mol. The number of rotatable bonds is 4. The lowest BCUT2D eigenvalue weighted by Gasteiger charge is -2.43. The van der Waals surface area contributed by atoms with Gasteiger partial charge >= 0.3 is 6.03 Å². The van der Waals surface area contributed by atoms with Crippen LogP contribution < -0.4 is 15.5 Å². The first-order valence-corrected chi connectivity index (χ1v) is 9.60. The number of urea groups is 1. The molecule has 6 nitrogen and oxygen atoms in total. The number of aryl methyl sites for hydroxylation is 1. The van der Waals surface area contributed by atoms with E-state index in [1.54, 1.807) is 44.2 Å². The van der Waals surface area contributed by atoms with Gasteiger partial charge in [-0.05, 0) is 56.2 Å². The Morgan fingerprint density at radius 3 is 2.52 bits per heavy atom. The summed E-state index contributed by atoms with van der Waals surface area (Å²) in [5.74, 6) is -0.661. The summed E-state index contributed by atoms with van der Waals surface area (Å²) in [6.07, 6.45) is 0.848. The lowest BCUT2D eigenvalue weighted by atomic mass is 9.94.